The Morgan fingerprint density at radius 2 is 1.87 bits per heavy atom. The molecule has 0 bridgehead atoms. The molecule has 0 unspecified atom stereocenters. The van der Waals surface area contributed by atoms with E-state index in [0.717, 1.165) is 24.8 Å². The highest BCUT2D eigenvalue weighted by Crippen LogP contribution is 2.37. The van der Waals surface area contributed by atoms with Crippen molar-refractivity contribution in [3.05, 3.63) is 53.3 Å². The first kappa shape index (κ1) is 28.0. The van der Waals surface area contributed by atoms with E-state index in [1.54, 1.807) is 32.0 Å². The minimum absolute atomic E-state index is 0.0297. The van der Waals surface area contributed by atoms with Crippen LogP contribution in [-0.4, -0.2) is 51.9 Å². The number of nitrogens with zero attached hydrogens (tertiary/aromatic N) is 3. The molecule has 1 aliphatic carbocycles. The van der Waals surface area contributed by atoms with Crippen LogP contribution in [0.3, 0.4) is 0 Å². The zero-order valence-electron chi connectivity index (χ0n) is 21.6. The number of aliphatic hydroxyl groups is 1. The second-order valence-electron chi connectivity index (χ2n) is 9.19. The highest BCUT2D eigenvalue weighted by Gasteiger charge is 2.35. The summed E-state index contributed by atoms with van der Waals surface area (Å²) in [6, 6.07) is 6.31. The summed E-state index contributed by atoms with van der Waals surface area (Å²) in [5.41, 5.74) is 1.12. The molecule has 208 valence electrons. The van der Waals surface area contributed by atoms with Gasteiger partial charge in [0.2, 0.25) is 11.8 Å². The quantitative estimate of drug-likeness (QED) is 0.281. The molecule has 4 N–H and O–H groups in total. The van der Waals surface area contributed by atoms with Crippen LogP contribution in [0.1, 0.15) is 36.0 Å². The number of nitrogens with one attached hydrogen (secondary N) is 3. The number of aromatic nitrogens is 3. The molecule has 10 nitrogen and oxygen atoms in total. The van der Waals surface area contributed by atoms with Crippen molar-refractivity contribution < 1.29 is 32.5 Å². The fourth-order valence-corrected chi connectivity index (χ4v) is 3.67. The van der Waals surface area contributed by atoms with Crippen molar-refractivity contribution in [2.75, 3.05) is 29.7 Å². The molecule has 2 heterocycles. The van der Waals surface area contributed by atoms with Gasteiger partial charge in [0.1, 0.15) is 11.4 Å². The molecule has 0 saturated heterocycles. The van der Waals surface area contributed by atoms with Gasteiger partial charge in [0.25, 0.3) is 5.91 Å². The Hall–Kier alpha value is -3.97. The van der Waals surface area contributed by atoms with Crippen molar-refractivity contribution in [2.45, 2.75) is 51.5 Å². The standard InChI is InChI=1S/C26H29F3N6O4/c1-14-7-8-18(20(9-14)33-24(37)21(36)13-39-16-5-4-6-16)32-23-17(26(27,28)29)12-31-25(35-23)34-19-10-22(38-3)30-11-15(19)2/h7-12,16,21,36H,4-6,13H2,1-3H3,(H,33,37)(H2,30,31,32,34,35)/t21-/m1/s1. The molecule has 1 fully saturated rings. The van der Waals surface area contributed by atoms with E-state index < -0.39 is 29.6 Å². The number of methoxy groups -OCH3 is 1. The van der Waals surface area contributed by atoms with Gasteiger partial charge >= 0.3 is 6.18 Å². The van der Waals surface area contributed by atoms with Crippen LogP contribution in [0, 0.1) is 13.8 Å². The molecule has 1 saturated carbocycles. The number of carbonyl (C=O) groups is 1. The van der Waals surface area contributed by atoms with Gasteiger partial charge in [0, 0.05) is 18.5 Å². The predicted molar refractivity (Wildman–Crippen MR) is 139 cm³/mol. The van der Waals surface area contributed by atoms with Crippen molar-refractivity contribution in [3.8, 4) is 5.88 Å². The van der Waals surface area contributed by atoms with Crippen LogP contribution in [0.2, 0.25) is 0 Å². The van der Waals surface area contributed by atoms with Crippen molar-refractivity contribution in [1.82, 2.24) is 15.0 Å². The first-order valence-electron chi connectivity index (χ1n) is 12.2. The van der Waals surface area contributed by atoms with Gasteiger partial charge in [-0.3, -0.25) is 4.79 Å². The number of aryl methyl sites for hydroxylation is 2. The third kappa shape index (κ3) is 7.12. The van der Waals surface area contributed by atoms with Gasteiger partial charge < -0.3 is 30.5 Å². The van der Waals surface area contributed by atoms with Crippen LogP contribution < -0.4 is 20.7 Å². The Labute approximate surface area is 223 Å². The van der Waals surface area contributed by atoms with Gasteiger partial charge in [-0.2, -0.15) is 18.2 Å². The van der Waals surface area contributed by atoms with E-state index >= 15 is 0 Å². The van der Waals surface area contributed by atoms with Gasteiger partial charge in [0.15, 0.2) is 6.10 Å². The van der Waals surface area contributed by atoms with Gasteiger partial charge in [-0.05, 0) is 56.4 Å². The number of aliphatic hydroxyl groups excluding tert-OH is 1. The van der Waals surface area contributed by atoms with Gasteiger partial charge in [-0.15, -0.1) is 0 Å². The second-order valence-corrected chi connectivity index (χ2v) is 9.19. The lowest BCUT2D eigenvalue weighted by molar-refractivity contribution is -0.137. The third-order valence-corrected chi connectivity index (χ3v) is 6.16. The van der Waals surface area contributed by atoms with Crippen molar-refractivity contribution in [1.29, 1.82) is 0 Å². The van der Waals surface area contributed by atoms with Gasteiger partial charge in [0.05, 0.1) is 36.9 Å². The molecule has 3 aromatic rings. The van der Waals surface area contributed by atoms with Crippen LogP contribution in [0.4, 0.5) is 42.0 Å². The Morgan fingerprint density at radius 3 is 2.54 bits per heavy atom. The second kappa shape index (κ2) is 11.8. The first-order valence-corrected chi connectivity index (χ1v) is 12.2. The molecule has 0 spiro atoms. The molecule has 1 amide bonds. The van der Waals surface area contributed by atoms with E-state index in [1.165, 1.54) is 19.4 Å². The maximum absolute atomic E-state index is 13.9. The maximum Gasteiger partial charge on any atom is 0.421 e. The van der Waals surface area contributed by atoms with E-state index in [-0.39, 0.29) is 30.0 Å². The number of hydrogen-bond donors (Lipinski definition) is 4. The smallest absolute Gasteiger partial charge is 0.421 e. The molecule has 0 radical (unpaired) electrons. The minimum Gasteiger partial charge on any atom is -0.481 e. The average Bonchev–Trinajstić information content (AvgIpc) is 2.85. The van der Waals surface area contributed by atoms with Crippen LogP contribution in [0.5, 0.6) is 5.88 Å². The fourth-order valence-electron chi connectivity index (χ4n) is 3.67. The number of benzene rings is 1. The number of amides is 1. The Morgan fingerprint density at radius 1 is 1.10 bits per heavy atom. The molecule has 13 heteroatoms. The number of ether oxygens (including phenoxy) is 2. The molecular formula is C26H29F3N6O4. The minimum atomic E-state index is -4.76. The Bertz CT molecular complexity index is 1330. The topological polar surface area (TPSA) is 131 Å². The highest BCUT2D eigenvalue weighted by molar-refractivity contribution is 5.97. The average molecular weight is 547 g/mol. The summed E-state index contributed by atoms with van der Waals surface area (Å²) in [5, 5.41) is 18.4. The Kier molecular flexibility index (Phi) is 8.51. The summed E-state index contributed by atoms with van der Waals surface area (Å²) in [7, 11) is 1.44. The summed E-state index contributed by atoms with van der Waals surface area (Å²) in [6.45, 7) is 3.34. The van der Waals surface area contributed by atoms with E-state index in [1.807, 2.05) is 0 Å². The molecule has 1 atom stereocenters. The third-order valence-electron chi connectivity index (χ3n) is 6.16. The van der Waals surface area contributed by atoms with Gasteiger partial charge in [-0.1, -0.05) is 6.07 Å². The number of carbonyl (C=O) groups excluding carboxylic acids is 1. The van der Waals surface area contributed by atoms with E-state index in [9.17, 15) is 23.1 Å². The summed E-state index contributed by atoms with van der Waals surface area (Å²) in [4.78, 5) is 24.6. The van der Waals surface area contributed by atoms with E-state index in [2.05, 4.69) is 30.9 Å². The molecule has 1 aliphatic rings. The molecule has 4 rings (SSSR count). The SMILES string of the molecule is COc1cc(Nc2ncc(C(F)(F)F)c(Nc3ccc(C)cc3NC(=O)[C@H](O)COC3CCC3)n2)c(C)cn1. The van der Waals surface area contributed by atoms with Crippen LogP contribution >= 0.6 is 0 Å². The largest absolute Gasteiger partial charge is 0.481 e. The van der Waals surface area contributed by atoms with Crippen molar-refractivity contribution in [3.63, 3.8) is 0 Å². The number of pyridine rings is 1. The van der Waals surface area contributed by atoms with Crippen molar-refractivity contribution >= 4 is 34.7 Å². The van der Waals surface area contributed by atoms with Crippen molar-refractivity contribution in [2.24, 2.45) is 0 Å². The number of rotatable bonds is 10. The molecular weight excluding hydrogens is 517 g/mol. The normalized spacial score (nSPS) is 14.3. The zero-order valence-corrected chi connectivity index (χ0v) is 21.6. The maximum atomic E-state index is 13.9. The molecule has 39 heavy (non-hydrogen) atoms. The lowest BCUT2D eigenvalue weighted by Gasteiger charge is -2.26. The summed E-state index contributed by atoms with van der Waals surface area (Å²) in [5.74, 6) is -1.09. The van der Waals surface area contributed by atoms with Crippen LogP contribution in [-0.2, 0) is 15.7 Å². The van der Waals surface area contributed by atoms with Gasteiger partial charge in [-0.25, -0.2) is 9.97 Å². The van der Waals surface area contributed by atoms with E-state index in [0.29, 0.717) is 23.3 Å². The highest BCUT2D eigenvalue weighted by atomic mass is 19.4. The predicted octanol–water partition coefficient (Wildman–Crippen LogP) is 4.87. The summed E-state index contributed by atoms with van der Waals surface area (Å²) < 4.78 is 52.2. The zero-order chi connectivity index (χ0) is 28.2. The molecule has 1 aromatic carbocycles. The first-order chi connectivity index (χ1) is 18.5. The number of hydrogen-bond acceptors (Lipinski definition) is 9. The number of halogens is 3. The van der Waals surface area contributed by atoms with Crippen LogP contribution in [0.15, 0.2) is 36.7 Å². The Balaban J connectivity index is 1.59. The number of alkyl halides is 3. The van der Waals surface area contributed by atoms with E-state index in [4.69, 9.17) is 9.47 Å². The summed E-state index contributed by atoms with van der Waals surface area (Å²) >= 11 is 0. The molecule has 0 aliphatic heterocycles. The lowest BCUT2D eigenvalue weighted by atomic mass is 9.96. The number of anilines is 5. The lowest BCUT2D eigenvalue weighted by Crippen LogP contribution is -2.35. The monoisotopic (exact) mass is 546 g/mol. The van der Waals surface area contributed by atoms with Crippen LogP contribution in [0.25, 0.3) is 0 Å². The fraction of sp³-hybridized carbons (Fsp3) is 0.385. The summed E-state index contributed by atoms with van der Waals surface area (Å²) in [6.07, 6.45) is -1.17. The molecule has 2 aromatic heterocycles.